The van der Waals surface area contributed by atoms with Crippen molar-refractivity contribution in [2.24, 2.45) is 0 Å². The van der Waals surface area contributed by atoms with Crippen LogP contribution >= 0.6 is 0 Å². The molecule has 0 aromatic heterocycles. The highest BCUT2D eigenvalue weighted by Crippen LogP contribution is 2.32. The van der Waals surface area contributed by atoms with Gasteiger partial charge in [-0.05, 0) is 30.7 Å². The summed E-state index contributed by atoms with van der Waals surface area (Å²) in [7, 11) is 3.57. The summed E-state index contributed by atoms with van der Waals surface area (Å²) in [5.74, 6) is 0.695. The second-order valence-electron chi connectivity index (χ2n) is 4.55. The number of methoxy groups -OCH3 is 1. The second kappa shape index (κ2) is 5.14. The molecule has 0 saturated heterocycles. The van der Waals surface area contributed by atoms with Crippen molar-refractivity contribution in [2.75, 3.05) is 14.2 Å². The maximum Gasteiger partial charge on any atom is 0.150 e. The Labute approximate surface area is 113 Å². The van der Waals surface area contributed by atoms with Crippen molar-refractivity contribution in [3.05, 3.63) is 59.5 Å². The third-order valence-corrected chi connectivity index (χ3v) is 3.26. The molecule has 0 atom stereocenters. The number of carbonyl (C=O) groups excluding carboxylic acids is 1. The van der Waals surface area contributed by atoms with Gasteiger partial charge in [-0.1, -0.05) is 12.6 Å². The van der Waals surface area contributed by atoms with E-state index in [4.69, 9.17) is 4.74 Å². The number of likely N-dealkylation sites (N-methyl/N-ethyl adjacent to an activating group) is 1. The van der Waals surface area contributed by atoms with E-state index in [0.717, 1.165) is 28.7 Å². The summed E-state index contributed by atoms with van der Waals surface area (Å²) in [6.07, 6.45) is 4.89. The molecular weight excluding hydrogens is 238 g/mol. The maximum absolute atomic E-state index is 10.8. The first-order valence-corrected chi connectivity index (χ1v) is 6.02. The molecule has 0 unspecified atom stereocenters. The minimum absolute atomic E-state index is 0.607. The first-order valence-electron chi connectivity index (χ1n) is 6.02. The predicted molar refractivity (Wildman–Crippen MR) is 77.0 cm³/mol. The van der Waals surface area contributed by atoms with E-state index in [9.17, 15) is 4.79 Å². The molecule has 0 saturated carbocycles. The van der Waals surface area contributed by atoms with Crippen molar-refractivity contribution in [1.29, 1.82) is 0 Å². The standard InChI is InChI=1S/C16H17NO2/c1-11-7-14(9-17(3)12(11)2)15-6-5-13(10-18)8-16(15)19-4/h5-10H,2H2,1,3-4H3. The van der Waals surface area contributed by atoms with E-state index in [1.54, 1.807) is 19.2 Å². The Kier molecular flexibility index (Phi) is 3.56. The van der Waals surface area contributed by atoms with E-state index in [0.29, 0.717) is 11.3 Å². The first-order chi connectivity index (χ1) is 9.06. The number of hydrogen-bond donors (Lipinski definition) is 0. The Morgan fingerprint density at radius 3 is 2.68 bits per heavy atom. The molecule has 1 aromatic carbocycles. The summed E-state index contributed by atoms with van der Waals surface area (Å²) in [5.41, 5.74) is 4.71. The Morgan fingerprint density at radius 2 is 2.11 bits per heavy atom. The van der Waals surface area contributed by atoms with Gasteiger partial charge in [-0.2, -0.15) is 0 Å². The van der Waals surface area contributed by atoms with Gasteiger partial charge in [0.15, 0.2) is 0 Å². The summed E-state index contributed by atoms with van der Waals surface area (Å²) >= 11 is 0. The monoisotopic (exact) mass is 255 g/mol. The topological polar surface area (TPSA) is 29.5 Å². The van der Waals surface area contributed by atoms with Crippen LogP contribution in [0.4, 0.5) is 0 Å². The third kappa shape index (κ3) is 2.45. The van der Waals surface area contributed by atoms with Gasteiger partial charge in [0.25, 0.3) is 0 Å². The molecule has 1 aliphatic heterocycles. The molecule has 19 heavy (non-hydrogen) atoms. The van der Waals surface area contributed by atoms with Crippen LogP contribution in [0.15, 0.2) is 48.3 Å². The molecule has 2 rings (SSSR count). The van der Waals surface area contributed by atoms with E-state index in [2.05, 4.69) is 12.7 Å². The summed E-state index contributed by atoms with van der Waals surface area (Å²) < 4.78 is 5.37. The second-order valence-corrected chi connectivity index (χ2v) is 4.55. The fraction of sp³-hybridized carbons (Fsp3) is 0.188. The molecule has 0 amide bonds. The van der Waals surface area contributed by atoms with Crippen LogP contribution in [0, 0.1) is 0 Å². The number of ether oxygens (including phenoxy) is 1. The molecule has 3 heteroatoms. The van der Waals surface area contributed by atoms with Crippen LogP contribution in [0.25, 0.3) is 5.57 Å². The normalized spacial score (nSPS) is 14.9. The van der Waals surface area contributed by atoms with Crippen LogP contribution in [-0.2, 0) is 0 Å². The highest BCUT2D eigenvalue weighted by atomic mass is 16.5. The molecule has 0 fully saturated rings. The Hall–Kier alpha value is -2.29. The Morgan fingerprint density at radius 1 is 1.37 bits per heavy atom. The van der Waals surface area contributed by atoms with Gasteiger partial charge in [0.05, 0.1) is 7.11 Å². The van der Waals surface area contributed by atoms with Crippen LogP contribution in [0.1, 0.15) is 22.8 Å². The lowest BCUT2D eigenvalue weighted by molar-refractivity contribution is 0.112. The SMILES string of the molecule is C=C1C(C)=CC(c2ccc(C=O)cc2OC)=CN1C. The molecule has 98 valence electrons. The van der Waals surface area contributed by atoms with E-state index in [-0.39, 0.29) is 0 Å². The lowest BCUT2D eigenvalue weighted by Crippen LogP contribution is -2.14. The van der Waals surface area contributed by atoms with Crippen LogP contribution < -0.4 is 4.74 Å². The molecular formula is C16H17NO2. The van der Waals surface area contributed by atoms with Gasteiger partial charge in [-0.15, -0.1) is 0 Å². The molecule has 1 heterocycles. The van der Waals surface area contributed by atoms with Gasteiger partial charge in [0.1, 0.15) is 12.0 Å². The Balaban J connectivity index is 2.51. The number of nitrogens with zero attached hydrogens (tertiary/aromatic N) is 1. The van der Waals surface area contributed by atoms with E-state index < -0.39 is 0 Å². The number of aldehydes is 1. The predicted octanol–water partition coefficient (Wildman–Crippen LogP) is 3.25. The number of rotatable bonds is 3. The van der Waals surface area contributed by atoms with Crippen molar-refractivity contribution in [2.45, 2.75) is 6.92 Å². The van der Waals surface area contributed by atoms with Gasteiger partial charge >= 0.3 is 0 Å². The number of carbonyl (C=O) groups is 1. The van der Waals surface area contributed by atoms with Crippen LogP contribution in [0.3, 0.4) is 0 Å². The van der Waals surface area contributed by atoms with Crippen molar-refractivity contribution in [3.8, 4) is 5.75 Å². The number of hydrogen-bond acceptors (Lipinski definition) is 3. The zero-order valence-electron chi connectivity index (χ0n) is 11.4. The zero-order chi connectivity index (χ0) is 14.0. The summed E-state index contributed by atoms with van der Waals surface area (Å²) in [6.45, 7) is 6.04. The van der Waals surface area contributed by atoms with Crippen LogP contribution in [0.2, 0.25) is 0 Å². The quantitative estimate of drug-likeness (QED) is 0.776. The largest absolute Gasteiger partial charge is 0.496 e. The van der Waals surface area contributed by atoms with Crippen LogP contribution in [0.5, 0.6) is 5.75 Å². The van der Waals surface area contributed by atoms with Crippen LogP contribution in [-0.4, -0.2) is 25.3 Å². The third-order valence-electron chi connectivity index (χ3n) is 3.26. The maximum atomic E-state index is 10.8. The van der Waals surface area contributed by atoms with Crippen molar-refractivity contribution in [3.63, 3.8) is 0 Å². The van der Waals surface area contributed by atoms with E-state index >= 15 is 0 Å². The van der Waals surface area contributed by atoms with Gasteiger partial charge in [-0.25, -0.2) is 0 Å². The lowest BCUT2D eigenvalue weighted by Gasteiger charge is -2.25. The van der Waals surface area contributed by atoms with Gasteiger partial charge in [0.2, 0.25) is 0 Å². The molecule has 0 N–H and O–H groups in total. The molecule has 0 radical (unpaired) electrons. The minimum Gasteiger partial charge on any atom is -0.496 e. The Bertz CT molecular complexity index is 597. The van der Waals surface area contributed by atoms with Gasteiger partial charge < -0.3 is 9.64 Å². The molecule has 0 bridgehead atoms. The zero-order valence-corrected chi connectivity index (χ0v) is 11.4. The van der Waals surface area contributed by atoms with Crippen molar-refractivity contribution in [1.82, 2.24) is 4.90 Å². The van der Waals surface area contributed by atoms with Gasteiger partial charge in [0, 0.05) is 35.6 Å². The van der Waals surface area contributed by atoms with E-state index in [1.165, 1.54) is 0 Å². The van der Waals surface area contributed by atoms with E-state index in [1.807, 2.05) is 31.1 Å². The molecule has 1 aromatic rings. The number of benzene rings is 1. The molecule has 3 nitrogen and oxygen atoms in total. The summed E-state index contributed by atoms with van der Waals surface area (Å²) in [4.78, 5) is 12.8. The highest BCUT2D eigenvalue weighted by Gasteiger charge is 2.14. The van der Waals surface area contributed by atoms with Crippen molar-refractivity contribution >= 4 is 11.9 Å². The smallest absolute Gasteiger partial charge is 0.150 e. The molecule has 0 spiro atoms. The average molecular weight is 255 g/mol. The van der Waals surface area contributed by atoms with Gasteiger partial charge in [-0.3, -0.25) is 4.79 Å². The lowest BCUT2D eigenvalue weighted by atomic mass is 9.98. The average Bonchev–Trinajstić information content (AvgIpc) is 2.43. The minimum atomic E-state index is 0.607. The fourth-order valence-electron chi connectivity index (χ4n) is 2.09. The highest BCUT2D eigenvalue weighted by molar-refractivity contribution is 5.83. The first kappa shape index (κ1) is 13.1. The fourth-order valence-corrected chi connectivity index (χ4v) is 2.09. The number of allylic oxidation sites excluding steroid dienone is 3. The summed E-state index contributed by atoms with van der Waals surface area (Å²) in [6, 6.07) is 5.44. The summed E-state index contributed by atoms with van der Waals surface area (Å²) in [5, 5.41) is 0. The van der Waals surface area contributed by atoms with Crippen molar-refractivity contribution < 1.29 is 9.53 Å². The molecule has 0 aliphatic carbocycles. The molecule has 1 aliphatic rings.